The van der Waals surface area contributed by atoms with Gasteiger partial charge in [0.1, 0.15) is 17.8 Å². The highest BCUT2D eigenvalue weighted by molar-refractivity contribution is 5.79. The Balaban J connectivity index is 1.38. The number of alkyl halides is 6. The van der Waals surface area contributed by atoms with Crippen molar-refractivity contribution in [3.05, 3.63) is 94.3 Å². The molecule has 5 rings (SSSR count). The minimum atomic E-state index is -4.97. The second-order valence-electron chi connectivity index (χ2n) is 8.18. The molecule has 14 heteroatoms. The Bertz CT molecular complexity index is 1730. The summed E-state index contributed by atoms with van der Waals surface area (Å²) in [6, 6.07) is 11.2. The van der Waals surface area contributed by atoms with E-state index in [0.717, 1.165) is 0 Å². The molecule has 0 bridgehead atoms. The number of phenols is 1. The number of nitrogens with zero attached hydrogens (tertiary/aromatic N) is 4. The van der Waals surface area contributed by atoms with E-state index >= 15 is 0 Å². The number of halogens is 6. The van der Waals surface area contributed by atoms with Gasteiger partial charge in [-0.25, -0.2) is 4.98 Å². The normalized spacial score (nSPS) is 12.2. The number of hydrogen-bond donors (Lipinski definition) is 1. The number of aromatic hydroxyl groups is 1. The number of aromatic nitrogens is 4. The van der Waals surface area contributed by atoms with Crippen LogP contribution in [0, 0.1) is 0 Å². The van der Waals surface area contributed by atoms with Gasteiger partial charge in [0.25, 0.3) is 11.4 Å². The molecule has 0 saturated heterocycles. The minimum absolute atomic E-state index is 0.0340. The number of fused-ring (bicyclic) bond motifs is 1. The first kappa shape index (κ1) is 25.8. The van der Waals surface area contributed by atoms with E-state index in [1.54, 1.807) is 0 Å². The van der Waals surface area contributed by atoms with Gasteiger partial charge in [0.15, 0.2) is 6.61 Å². The maximum absolute atomic E-state index is 13.4. The zero-order chi connectivity index (χ0) is 27.9. The van der Waals surface area contributed by atoms with Crippen molar-refractivity contribution in [3.8, 4) is 28.6 Å². The first-order valence-corrected chi connectivity index (χ1v) is 11.0. The molecular weight excluding hydrogens is 534 g/mol. The summed E-state index contributed by atoms with van der Waals surface area (Å²) in [5, 5.41) is 13.2. The van der Waals surface area contributed by atoms with Crippen molar-refractivity contribution < 1.29 is 40.7 Å². The van der Waals surface area contributed by atoms with Gasteiger partial charge >= 0.3 is 12.4 Å². The van der Waals surface area contributed by atoms with E-state index in [9.17, 15) is 36.2 Å². The Morgan fingerprint density at radius 2 is 1.67 bits per heavy atom. The summed E-state index contributed by atoms with van der Waals surface area (Å²) in [6.07, 6.45) is -8.56. The number of rotatable bonds is 5. The van der Waals surface area contributed by atoms with Gasteiger partial charge in [0.2, 0.25) is 5.82 Å². The van der Waals surface area contributed by atoms with Crippen LogP contribution in [-0.4, -0.2) is 24.8 Å². The molecule has 0 aliphatic carbocycles. The maximum Gasteiger partial charge on any atom is 0.417 e. The van der Waals surface area contributed by atoms with E-state index in [4.69, 9.17) is 9.26 Å². The molecule has 0 aliphatic heterocycles. The Morgan fingerprint density at radius 1 is 0.923 bits per heavy atom. The molecule has 2 aromatic heterocycles. The third kappa shape index (κ3) is 5.26. The zero-order valence-electron chi connectivity index (χ0n) is 19.3. The first-order valence-electron chi connectivity index (χ1n) is 11.0. The summed E-state index contributed by atoms with van der Waals surface area (Å²) in [5.41, 5.74) is -3.23. The third-order valence-corrected chi connectivity index (χ3v) is 5.58. The summed E-state index contributed by atoms with van der Waals surface area (Å²) in [6.45, 7) is -0.403. The predicted octanol–water partition coefficient (Wildman–Crippen LogP) is 5.76. The molecular formula is C25H14F6N4O4. The van der Waals surface area contributed by atoms with E-state index in [1.807, 2.05) is 0 Å². The SMILES string of the molecule is O=c1c2ccc(OCc3noc(-c4cc(C(F)(F)F)ccc4C(F)(F)F)n3)cc2ncn1-c1ccc(O)cc1. The van der Waals surface area contributed by atoms with Crippen molar-refractivity contribution in [1.29, 1.82) is 0 Å². The van der Waals surface area contributed by atoms with Crippen LogP contribution in [0.2, 0.25) is 0 Å². The molecule has 0 spiro atoms. The smallest absolute Gasteiger partial charge is 0.417 e. The van der Waals surface area contributed by atoms with Crippen LogP contribution in [-0.2, 0) is 19.0 Å². The largest absolute Gasteiger partial charge is 0.508 e. The first-order chi connectivity index (χ1) is 18.4. The molecule has 3 aromatic carbocycles. The number of phenolic OH excluding ortho intramolecular Hbond substituents is 1. The van der Waals surface area contributed by atoms with Crippen LogP contribution in [0.4, 0.5) is 26.3 Å². The Kier molecular flexibility index (Phi) is 6.24. The van der Waals surface area contributed by atoms with Crippen LogP contribution in [0.15, 0.2) is 76.3 Å². The molecule has 0 atom stereocenters. The van der Waals surface area contributed by atoms with E-state index < -0.39 is 41.5 Å². The topological polar surface area (TPSA) is 103 Å². The second kappa shape index (κ2) is 9.45. The van der Waals surface area contributed by atoms with Gasteiger partial charge in [-0.05, 0) is 54.6 Å². The Labute approximate surface area is 213 Å². The van der Waals surface area contributed by atoms with Crippen molar-refractivity contribution in [2.24, 2.45) is 0 Å². The molecule has 39 heavy (non-hydrogen) atoms. The highest BCUT2D eigenvalue weighted by Gasteiger charge is 2.38. The summed E-state index contributed by atoms with van der Waals surface area (Å²) >= 11 is 0. The van der Waals surface area contributed by atoms with Gasteiger partial charge in [-0.2, -0.15) is 31.3 Å². The average Bonchev–Trinajstić information content (AvgIpc) is 3.36. The summed E-state index contributed by atoms with van der Waals surface area (Å²) in [5.74, 6) is -0.752. The molecule has 200 valence electrons. The molecule has 0 saturated carbocycles. The predicted molar refractivity (Wildman–Crippen MR) is 123 cm³/mol. The lowest BCUT2D eigenvalue weighted by molar-refractivity contribution is -0.141. The van der Waals surface area contributed by atoms with Crippen molar-refractivity contribution in [2.75, 3.05) is 0 Å². The third-order valence-electron chi connectivity index (χ3n) is 5.58. The molecule has 0 aliphatic rings. The molecule has 1 N–H and O–H groups in total. The molecule has 0 fully saturated rings. The lowest BCUT2D eigenvalue weighted by Crippen LogP contribution is -2.18. The lowest BCUT2D eigenvalue weighted by atomic mass is 10.0. The fraction of sp³-hybridized carbons (Fsp3) is 0.120. The zero-order valence-corrected chi connectivity index (χ0v) is 19.3. The highest BCUT2D eigenvalue weighted by atomic mass is 19.4. The van der Waals surface area contributed by atoms with Crippen LogP contribution >= 0.6 is 0 Å². The van der Waals surface area contributed by atoms with Gasteiger partial charge < -0.3 is 14.4 Å². The summed E-state index contributed by atoms with van der Waals surface area (Å²) in [7, 11) is 0. The van der Waals surface area contributed by atoms with Crippen molar-refractivity contribution in [3.63, 3.8) is 0 Å². The van der Waals surface area contributed by atoms with Crippen LogP contribution < -0.4 is 10.3 Å². The summed E-state index contributed by atoms with van der Waals surface area (Å²) in [4.78, 5) is 20.9. The fourth-order valence-corrected chi connectivity index (χ4v) is 3.70. The van der Waals surface area contributed by atoms with Gasteiger partial charge in [0, 0.05) is 6.07 Å². The van der Waals surface area contributed by atoms with E-state index in [2.05, 4.69) is 15.1 Å². The van der Waals surface area contributed by atoms with Crippen molar-refractivity contribution in [2.45, 2.75) is 19.0 Å². The van der Waals surface area contributed by atoms with E-state index in [-0.39, 0.29) is 33.8 Å². The van der Waals surface area contributed by atoms with Crippen molar-refractivity contribution in [1.82, 2.24) is 19.7 Å². The van der Waals surface area contributed by atoms with E-state index in [0.29, 0.717) is 23.9 Å². The van der Waals surface area contributed by atoms with Crippen LogP contribution in [0.3, 0.4) is 0 Å². The molecule has 8 nitrogen and oxygen atoms in total. The van der Waals surface area contributed by atoms with E-state index in [1.165, 1.54) is 53.4 Å². The standard InChI is InChI=1S/C25H14F6N4O4/c26-24(27,28)13-1-8-19(25(29,30)31)18(9-13)22-33-21(34-39-22)11-38-16-6-7-17-20(10-16)32-12-35(23(17)37)14-2-4-15(36)5-3-14/h1-10,12,36H,11H2. The van der Waals surface area contributed by atoms with Crippen molar-refractivity contribution >= 4 is 10.9 Å². The van der Waals surface area contributed by atoms with Gasteiger partial charge in [-0.3, -0.25) is 9.36 Å². The van der Waals surface area contributed by atoms with Crippen LogP contribution in [0.1, 0.15) is 17.0 Å². The number of ether oxygens (including phenoxy) is 1. The van der Waals surface area contributed by atoms with Gasteiger partial charge in [-0.15, -0.1) is 0 Å². The molecule has 0 radical (unpaired) electrons. The summed E-state index contributed by atoms with van der Waals surface area (Å²) < 4.78 is 91.1. The molecule has 5 aromatic rings. The average molecular weight is 548 g/mol. The Hall–Kier alpha value is -4.88. The fourth-order valence-electron chi connectivity index (χ4n) is 3.70. The van der Waals surface area contributed by atoms with Crippen LogP contribution in [0.5, 0.6) is 11.5 Å². The van der Waals surface area contributed by atoms with Gasteiger partial charge in [-0.1, -0.05) is 5.16 Å². The minimum Gasteiger partial charge on any atom is -0.508 e. The Morgan fingerprint density at radius 3 is 2.36 bits per heavy atom. The highest BCUT2D eigenvalue weighted by Crippen LogP contribution is 2.40. The lowest BCUT2D eigenvalue weighted by Gasteiger charge is -2.13. The molecule has 0 unspecified atom stereocenters. The quantitative estimate of drug-likeness (QED) is 0.279. The maximum atomic E-state index is 13.4. The van der Waals surface area contributed by atoms with Crippen LogP contribution in [0.25, 0.3) is 28.0 Å². The van der Waals surface area contributed by atoms with Gasteiger partial charge in [0.05, 0.1) is 33.3 Å². The number of benzene rings is 3. The second-order valence-corrected chi connectivity index (χ2v) is 8.18. The number of hydrogen-bond acceptors (Lipinski definition) is 7. The monoisotopic (exact) mass is 548 g/mol. The molecule has 0 amide bonds. The molecule has 2 heterocycles.